The maximum atomic E-state index is 12.4. The third-order valence-corrected chi connectivity index (χ3v) is 4.60. The number of carbonyl (C=O) groups excluding carboxylic acids is 2. The predicted octanol–water partition coefficient (Wildman–Crippen LogP) is 2.45. The monoisotopic (exact) mass is 383 g/mol. The number of esters is 1. The molecule has 1 heterocycles. The topological polar surface area (TPSA) is 90.3 Å². The van der Waals surface area contributed by atoms with E-state index in [4.69, 9.17) is 4.74 Å². The smallest absolute Gasteiger partial charge is 0.359 e. The minimum atomic E-state index is -0.769. The molecule has 1 amide bonds. The Bertz CT molecular complexity index is 1060. The molecular formula is C19H17N3O4S. The van der Waals surface area contributed by atoms with Crippen molar-refractivity contribution in [3.63, 3.8) is 0 Å². The van der Waals surface area contributed by atoms with E-state index in [0.29, 0.717) is 16.5 Å². The Labute approximate surface area is 159 Å². The number of carbonyl (C=O) groups is 2. The first-order valence-corrected chi connectivity index (χ1v) is 9.29. The second-order valence-electron chi connectivity index (χ2n) is 5.68. The average Bonchev–Trinajstić information content (AvgIpc) is 2.69. The van der Waals surface area contributed by atoms with Crippen molar-refractivity contribution in [1.29, 1.82) is 0 Å². The Morgan fingerprint density at radius 1 is 1.11 bits per heavy atom. The van der Waals surface area contributed by atoms with Crippen molar-refractivity contribution < 1.29 is 14.3 Å². The number of benzene rings is 2. The van der Waals surface area contributed by atoms with E-state index in [1.165, 1.54) is 7.05 Å². The first-order valence-electron chi connectivity index (χ1n) is 8.06. The molecule has 0 saturated carbocycles. The number of fused-ring (bicyclic) bond motifs is 1. The Morgan fingerprint density at radius 3 is 2.44 bits per heavy atom. The zero-order chi connectivity index (χ0) is 19.4. The SMILES string of the molecule is CSc1ccc(NC(=O)COC(=O)c2nn(C)c(=O)c3ccccc23)cc1. The first-order chi connectivity index (χ1) is 13.0. The van der Waals surface area contributed by atoms with Gasteiger partial charge in [0.25, 0.3) is 11.5 Å². The van der Waals surface area contributed by atoms with E-state index in [2.05, 4.69) is 10.4 Å². The van der Waals surface area contributed by atoms with Crippen LogP contribution in [0.25, 0.3) is 10.8 Å². The van der Waals surface area contributed by atoms with E-state index in [9.17, 15) is 14.4 Å². The van der Waals surface area contributed by atoms with Gasteiger partial charge >= 0.3 is 5.97 Å². The summed E-state index contributed by atoms with van der Waals surface area (Å²) in [5.74, 6) is -1.23. The standard InChI is InChI=1S/C19H17N3O4S/c1-22-18(24)15-6-4-3-5-14(15)17(21-22)19(25)26-11-16(23)20-12-7-9-13(27-2)10-8-12/h3-10H,11H2,1-2H3,(H,20,23). The van der Waals surface area contributed by atoms with Gasteiger partial charge in [-0.1, -0.05) is 18.2 Å². The number of ether oxygens (including phenoxy) is 1. The summed E-state index contributed by atoms with van der Waals surface area (Å²) in [6.45, 7) is -0.456. The van der Waals surface area contributed by atoms with E-state index in [1.54, 1.807) is 48.2 Å². The van der Waals surface area contributed by atoms with E-state index >= 15 is 0 Å². The highest BCUT2D eigenvalue weighted by molar-refractivity contribution is 7.98. The van der Waals surface area contributed by atoms with E-state index in [0.717, 1.165) is 9.58 Å². The lowest BCUT2D eigenvalue weighted by molar-refractivity contribution is -0.119. The lowest BCUT2D eigenvalue weighted by atomic mass is 10.1. The largest absolute Gasteiger partial charge is 0.451 e. The first kappa shape index (κ1) is 18.7. The summed E-state index contributed by atoms with van der Waals surface area (Å²) in [5.41, 5.74) is 0.290. The molecular weight excluding hydrogens is 366 g/mol. The van der Waals surface area contributed by atoms with Gasteiger partial charge in [0.1, 0.15) is 0 Å². The van der Waals surface area contributed by atoms with Crippen molar-refractivity contribution in [3.8, 4) is 0 Å². The zero-order valence-electron chi connectivity index (χ0n) is 14.8. The molecule has 3 rings (SSSR count). The summed E-state index contributed by atoms with van der Waals surface area (Å²) in [5, 5.41) is 7.38. The minimum absolute atomic E-state index is 0.00942. The fourth-order valence-electron chi connectivity index (χ4n) is 2.52. The van der Waals surface area contributed by atoms with E-state index < -0.39 is 18.5 Å². The number of hydrogen-bond acceptors (Lipinski definition) is 6. The summed E-state index contributed by atoms with van der Waals surface area (Å²) in [4.78, 5) is 37.6. The van der Waals surface area contributed by atoms with Gasteiger partial charge in [0.05, 0.1) is 5.39 Å². The second-order valence-corrected chi connectivity index (χ2v) is 6.56. The van der Waals surface area contributed by atoms with Crippen LogP contribution in [-0.2, 0) is 16.6 Å². The summed E-state index contributed by atoms with van der Waals surface area (Å²) in [6.07, 6.45) is 1.96. The molecule has 138 valence electrons. The van der Waals surface area contributed by atoms with Gasteiger partial charge in [0.2, 0.25) is 0 Å². The molecule has 7 nitrogen and oxygen atoms in total. The van der Waals surface area contributed by atoms with Gasteiger partial charge in [-0.2, -0.15) is 5.10 Å². The molecule has 0 saturated heterocycles. The molecule has 3 aromatic rings. The number of nitrogens with one attached hydrogen (secondary N) is 1. The minimum Gasteiger partial charge on any atom is -0.451 e. The quantitative estimate of drug-likeness (QED) is 0.538. The highest BCUT2D eigenvalue weighted by atomic mass is 32.2. The third-order valence-electron chi connectivity index (χ3n) is 3.86. The van der Waals surface area contributed by atoms with Crippen molar-refractivity contribution in [1.82, 2.24) is 9.78 Å². The Hall–Kier alpha value is -3.13. The van der Waals surface area contributed by atoms with Crippen LogP contribution in [-0.4, -0.2) is 34.5 Å². The van der Waals surface area contributed by atoms with Crippen LogP contribution in [0, 0.1) is 0 Å². The Morgan fingerprint density at radius 2 is 1.78 bits per heavy atom. The maximum absolute atomic E-state index is 12.4. The van der Waals surface area contributed by atoms with Crippen molar-refractivity contribution in [2.75, 3.05) is 18.2 Å². The van der Waals surface area contributed by atoms with Crippen LogP contribution in [0.5, 0.6) is 0 Å². The number of amides is 1. The van der Waals surface area contributed by atoms with Gasteiger partial charge in [0.15, 0.2) is 12.3 Å². The highest BCUT2D eigenvalue weighted by Crippen LogP contribution is 2.17. The number of thioether (sulfide) groups is 1. The van der Waals surface area contributed by atoms with Crippen molar-refractivity contribution in [2.45, 2.75) is 4.90 Å². The fraction of sp³-hybridized carbons (Fsp3) is 0.158. The van der Waals surface area contributed by atoms with Gasteiger partial charge in [-0.25, -0.2) is 9.48 Å². The molecule has 0 atom stereocenters. The molecule has 1 aromatic heterocycles. The molecule has 0 spiro atoms. The van der Waals surface area contributed by atoms with E-state index in [1.807, 2.05) is 18.4 Å². The lowest BCUT2D eigenvalue weighted by Gasteiger charge is -2.09. The molecule has 2 aromatic carbocycles. The predicted molar refractivity (Wildman–Crippen MR) is 104 cm³/mol. The zero-order valence-corrected chi connectivity index (χ0v) is 15.6. The summed E-state index contributed by atoms with van der Waals surface area (Å²) in [7, 11) is 1.45. The van der Waals surface area contributed by atoms with Crippen LogP contribution >= 0.6 is 11.8 Å². The van der Waals surface area contributed by atoms with Crippen LogP contribution in [0.4, 0.5) is 5.69 Å². The highest BCUT2D eigenvalue weighted by Gasteiger charge is 2.18. The molecule has 1 N–H and O–H groups in total. The maximum Gasteiger partial charge on any atom is 0.359 e. The average molecular weight is 383 g/mol. The molecule has 0 unspecified atom stereocenters. The van der Waals surface area contributed by atoms with Gasteiger partial charge in [-0.15, -0.1) is 11.8 Å². The van der Waals surface area contributed by atoms with Gasteiger partial charge in [0, 0.05) is 23.0 Å². The van der Waals surface area contributed by atoms with Crippen LogP contribution in [0.1, 0.15) is 10.5 Å². The summed E-state index contributed by atoms with van der Waals surface area (Å²) < 4.78 is 6.15. The molecule has 0 aliphatic rings. The molecule has 0 fully saturated rings. The fourth-order valence-corrected chi connectivity index (χ4v) is 2.93. The molecule has 27 heavy (non-hydrogen) atoms. The Balaban J connectivity index is 1.70. The van der Waals surface area contributed by atoms with Crippen LogP contribution < -0.4 is 10.9 Å². The molecule has 0 aliphatic heterocycles. The number of aryl methyl sites for hydroxylation is 1. The van der Waals surface area contributed by atoms with E-state index in [-0.39, 0.29) is 11.3 Å². The van der Waals surface area contributed by atoms with Crippen LogP contribution in [0.2, 0.25) is 0 Å². The number of hydrogen-bond donors (Lipinski definition) is 1. The number of aromatic nitrogens is 2. The Kier molecular flexibility index (Phi) is 5.56. The van der Waals surface area contributed by atoms with Crippen molar-refractivity contribution in [2.24, 2.45) is 7.05 Å². The summed E-state index contributed by atoms with van der Waals surface area (Å²) >= 11 is 1.60. The third kappa shape index (κ3) is 4.17. The molecule has 0 aliphatic carbocycles. The van der Waals surface area contributed by atoms with Crippen molar-refractivity contribution >= 4 is 40.1 Å². The lowest BCUT2D eigenvalue weighted by Crippen LogP contribution is -2.26. The van der Waals surface area contributed by atoms with Crippen molar-refractivity contribution in [3.05, 3.63) is 64.6 Å². The number of nitrogens with zero attached hydrogens (tertiary/aromatic N) is 2. The van der Waals surface area contributed by atoms with Gasteiger partial charge in [-0.05, 0) is 36.6 Å². The van der Waals surface area contributed by atoms with Gasteiger partial charge < -0.3 is 10.1 Å². The second kappa shape index (κ2) is 8.05. The van der Waals surface area contributed by atoms with Crippen LogP contribution in [0.15, 0.2) is 58.2 Å². The molecule has 8 heteroatoms. The molecule has 0 radical (unpaired) electrons. The number of anilines is 1. The summed E-state index contributed by atoms with van der Waals surface area (Å²) in [6, 6.07) is 13.9. The normalized spacial score (nSPS) is 10.6. The molecule has 0 bridgehead atoms. The van der Waals surface area contributed by atoms with Crippen LogP contribution in [0.3, 0.4) is 0 Å². The number of rotatable bonds is 5. The van der Waals surface area contributed by atoms with Gasteiger partial charge in [-0.3, -0.25) is 9.59 Å².